The van der Waals surface area contributed by atoms with Gasteiger partial charge in [-0.15, -0.1) is 0 Å². The van der Waals surface area contributed by atoms with Crippen LogP contribution < -0.4 is 4.74 Å². The molecule has 0 saturated carbocycles. The second kappa shape index (κ2) is 11.5. The van der Waals surface area contributed by atoms with Gasteiger partial charge in [-0.25, -0.2) is 0 Å². The van der Waals surface area contributed by atoms with E-state index in [1.165, 1.54) is 11.1 Å². The van der Waals surface area contributed by atoms with Crippen LogP contribution in [0.3, 0.4) is 0 Å². The van der Waals surface area contributed by atoms with Crippen molar-refractivity contribution in [2.75, 3.05) is 6.61 Å². The van der Waals surface area contributed by atoms with Gasteiger partial charge in [-0.3, -0.25) is 0 Å². The Morgan fingerprint density at radius 1 is 0.826 bits per heavy atom. The third kappa shape index (κ3) is 6.32. The molecule has 0 radical (unpaired) electrons. The first-order chi connectivity index (χ1) is 11.1. The lowest BCUT2D eigenvalue weighted by atomic mass is 9.78. The summed E-state index contributed by atoms with van der Waals surface area (Å²) in [4.78, 5) is 0. The lowest BCUT2D eigenvalue weighted by molar-refractivity contribution is 0.363. The van der Waals surface area contributed by atoms with Crippen LogP contribution in [-0.4, -0.2) is 6.61 Å². The van der Waals surface area contributed by atoms with Crippen LogP contribution in [0.15, 0.2) is 67.3 Å². The fraction of sp³-hybridized carbons (Fsp3) is 0.364. The topological polar surface area (TPSA) is 9.23 Å². The van der Waals surface area contributed by atoms with Crippen LogP contribution in [0.1, 0.15) is 52.7 Å². The van der Waals surface area contributed by atoms with Crippen LogP contribution in [-0.2, 0) is 5.41 Å². The molecule has 0 bridgehead atoms. The summed E-state index contributed by atoms with van der Waals surface area (Å²) >= 11 is 0. The molecule has 0 amide bonds. The summed E-state index contributed by atoms with van der Waals surface area (Å²) in [7, 11) is 0. The Hall–Kier alpha value is -2.02. The van der Waals surface area contributed by atoms with E-state index in [9.17, 15) is 0 Å². The van der Waals surface area contributed by atoms with Gasteiger partial charge in [-0.05, 0) is 23.3 Å². The zero-order valence-electron chi connectivity index (χ0n) is 15.6. The van der Waals surface area contributed by atoms with Gasteiger partial charge in [0.15, 0.2) is 0 Å². The highest BCUT2D eigenvalue weighted by Gasteiger charge is 2.22. The molecule has 0 aliphatic carbocycles. The summed E-state index contributed by atoms with van der Waals surface area (Å²) in [5.74, 6) is 0.882. The van der Waals surface area contributed by atoms with E-state index in [0.717, 1.165) is 5.75 Å². The Labute approximate surface area is 143 Å². The largest absolute Gasteiger partial charge is 0.490 e. The average molecular weight is 312 g/mol. The maximum Gasteiger partial charge on any atom is 0.119 e. The normalized spacial score (nSPS) is 9.65. The Kier molecular flexibility index (Phi) is 10.5. The summed E-state index contributed by atoms with van der Waals surface area (Å²) < 4.78 is 5.51. The predicted octanol–water partition coefficient (Wildman–Crippen LogP) is 6.63. The van der Waals surface area contributed by atoms with Crippen LogP contribution in [0, 0.1) is 0 Å². The smallest absolute Gasteiger partial charge is 0.119 e. The molecule has 0 unspecified atom stereocenters. The molecule has 0 aliphatic heterocycles. The van der Waals surface area contributed by atoms with Gasteiger partial charge < -0.3 is 4.74 Å². The van der Waals surface area contributed by atoms with Crippen molar-refractivity contribution in [3.63, 3.8) is 0 Å². The van der Waals surface area contributed by atoms with Crippen molar-refractivity contribution in [3.8, 4) is 5.75 Å². The van der Waals surface area contributed by atoms with Crippen molar-refractivity contribution in [2.24, 2.45) is 0 Å². The molecular formula is C22H32O. The van der Waals surface area contributed by atoms with Crippen LogP contribution in [0.2, 0.25) is 0 Å². The van der Waals surface area contributed by atoms with E-state index >= 15 is 0 Å². The van der Waals surface area contributed by atoms with Gasteiger partial charge in [0.05, 0.1) is 0 Å². The van der Waals surface area contributed by atoms with Crippen LogP contribution >= 0.6 is 0 Å². The van der Waals surface area contributed by atoms with Crippen molar-refractivity contribution in [1.29, 1.82) is 0 Å². The van der Waals surface area contributed by atoms with Crippen molar-refractivity contribution < 1.29 is 4.74 Å². The van der Waals surface area contributed by atoms with Crippen LogP contribution in [0.5, 0.6) is 5.75 Å². The van der Waals surface area contributed by atoms with Crippen molar-refractivity contribution >= 4 is 0 Å². The molecule has 0 N–H and O–H groups in total. The molecule has 0 heterocycles. The monoisotopic (exact) mass is 312 g/mol. The maximum atomic E-state index is 5.51. The van der Waals surface area contributed by atoms with E-state index in [2.05, 4.69) is 56.8 Å². The Bertz CT molecular complexity index is 524. The summed E-state index contributed by atoms with van der Waals surface area (Å²) in [5, 5.41) is 0. The van der Waals surface area contributed by atoms with E-state index < -0.39 is 0 Å². The van der Waals surface area contributed by atoms with Crippen molar-refractivity contribution in [1.82, 2.24) is 0 Å². The maximum absolute atomic E-state index is 5.51. The van der Waals surface area contributed by atoms with Gasteiger partial charge in [0, 0.05) is 5.41 Å². The second-order valence-corrected chi connectivity index (χ2v) is 5.12. The van der Waals surface area contributed by atoms with E-state index in [1.54, 1.807) is 6.08 Å². The van der Waals surface area contributed by atoms with Gasteiger partial charge in [-0.2, -0.15) is 0 Å². The van der Waals surface area contributed by atoms with Gasteiger partial charge >= 0.3 is 0 Å². The van der Waals surface area contributed by atoms with Gasteiger partial charge in [-0.1, -0.05) is 96.7 Å². The first-order valence-corrected chi connectivity index (χ1v) is 8.54. The number of benzene rings is 2. The molecule has 2 aromatic rings. The SMILES string of the molecule is C=CCOc1ccc(C(C)(C)c2ccccc2)cc1.CC.CC. The lowest BCUT2D eigenvalue weighted by Crippen LogP contribution is -2.18. The number of hydrogen-bond donors (Lipinski definition) is 0. The van der Waals surface area contributed by atoms with E-state index in [0.29, 0.717) is 6.61 Å². The number of hydrogen-bond acceptors (Lipinski definition) is 1. The molecule has 0 atom stereocenters. The summed E-state index contributed by atoms with van der Waals surface area (Å²) in [5.41, 5.74) is 2.59. The Morgan fingerprint density at radius 2 is 1.30 bits per heavy atom. The second-order valence-electron chi connectivity index (χ2n) is 5.12. The molecule has 2 rings (SSSR count). The van der Waals surface area contributed by atoms with Crippen molar-refractivity contribution in [2.45, 2.75) is 47.0 Å². The highest BCUT2D eigenvalue weighted by molar-refractivity contribution is 5.39. The minimum Gasteiger partial charge on any atom is -0.490 e. The summed E-state index contributed by atoms with van der Waals surface area (Å²) in [6, 6.07) is 18.8. The zero-order valence-corrected chi connectivity index (χ0v) is 15.6. The van der Waals surface area contributed by atoms with Crippen LogP contribution in [0.25, 0.3) is 0 Å². The van der Waals surface area contributed by atoms with Crippen molar-refractivity contribution in [3.05, 3.63) is 78.4 Å². The Balaban J connectivity index is 0.00000112. The molecule has 0 aliphatic rings. The minimum atomic E-state index is -0.00176. The molecule has 1 nitrogen and oxygen atoms in total. The predicted molar refractivity (Wildman–Crippen MR) is 103 cm³/mol. The molecule has 0 saturated heterocycles. The third-order valence-corrected chi connectivity index (χ3v) is 3.44. The highest BCUT2D eigenvalue weighted by Crippen LogP contribution is 2.32. The minimum absolute atomic E-state index is 0.00176. The first-order valence-electron chi connectivity index (χ1n) is 8.54. The molecular weight excluding hydrogens is 280 g/mol. The summed E-state index contributed by atoms with van der Waals surface area (Å²) in [6.07, 6.45) is 1.75. The highest BCUT2D eigenvalue weighted by atomic mass is 16.5. The molecule has 2 aromatic carbocycles. The molecule has 126 valence electrons. The number of rotatable bonds is 5. The van der Waals surface area contributed by atoms with Gasteiger partial charge in [0.1, 0.15) is 12.4 Å². The quantitative estimate of drug-likeness (QED) is 0.563. The standard InChI is InChI=1S/C18H20O.2C2H6/c1-4-14-19-17-12-10-16(11-13-17)18(2,3)15-8-6-5-7-9-15;2*1-2/h4-13H,1,14H2,2-3H3;2*1-2H3. The molecule has 23 heavy (non-hydrogen) atoms. The number of ether oxygens (including phenoxy) is 1. The van der Waals surface area contributed by atoms with Crippen LogP contribution in [0.4, 0.5) is 0 Å². The van der Waals surface area contributed by atoms with Gasteiger partial charge in [0.25, 0.3) is 0 Å². The van der Waals surface area contributed by atoms with E-state index in [1.807, 2.05) is 45.9 Å². The third-order valence-electron chi connectivity index (χ3n) is 3.44. The molecule has 0 aromatic heterocycles. The summed E-state index contributed by atoms with van der Waals surface area (Å²) in [6.45, 7) is 16.7. The zero-order chi connectivity index (χ0) is 17.7. The molecule has 0 spiro atoms. The Morgan fingerprint density at radius 3 is 1.78 bits per heavy atom. The lowest BCUT2D eigenvalue weighted by Gasteiger charge is -2.26. The van der Waals surface area contributed by atoms with E-state index in [4.69, 9.17) is 4.74 Å². The average Bonchev–Trinajstić information content (AvgIpc) is 2.64. The first kappa shape index (κ1) is 21.0. The molecule has 0 fully saturated rings. The fourth-order valence-electron chi connectivity index (χ4n) is 2.14. The molecule has 1 heteroatoms. The van der Waals surface area contributed by atoms with Gasteiger partial charge in [0.2, 0.25) is 0 Å². The fourth-order valence-corrected chi connectivity index (χ4v) is 2.14. The van der Waals surface area contributed by atoms with E-state index in [-0.39, 0.29) is 5.41 Å².